The average Bonchev–Trinajstić information content (AvgIpc) is 2.61. The van der Waals surface area contributed by atoms with E-state index in [4.69, 9.17) is 4.74 Å². The summed E-state index contributed by atoms with van der Waals surface area (Å²) >= 11 is 1.48. The first-order chi connectivity index (χ1) is 7.16. The maximum atomic E-state index is 11.5. The molecule has 0 bridgehead atoms. The summed E-state index contributed by atoms with van der Waals surface area (Å²) in [6.07, 6.45) is 1.84. The predicted octanol–water partition coefficient (Wildman–Crippen LogP) is 1.39. The summed E-state index contributed by atoms with van der Waals surface area (Å²) in [5.74, 6) is 0.278. The normalized spacial score (nSPS) is 16.6. The lowest BCUT2D eigenvalue weighted by Gasteiger charge is -2.39. The fourth-order valence-electron chi connectivity index (χ4n) is 1.47. The van der Waals surface area contributed by atoms with Crippen molar-refractivity contribution in [3.8, 4) is 5.19 Å². The van der Waals surface area contributed by atoms with Gasteiger partial charge in [-0.2, -0.15) is 0 Å². The standard InChI is InChI=1S/C10H14N2O2S/c1-7(2)9(13)12-5-8(6-12)14-10-11-3-4-15-10/h3-4,7-8H,5-6H2,1-2H3. The second-order valence-electron chi connectivity index (χ2n) is 3.94. The van der Waals surface area contributed by atoms with Crippen molar-refractivity contribution in [1.82, 2.24) is 9.88 Å². The van der Waals surface area contributed by atoms with Crippen LogP contribution in [-0.4, -0.2) is 35.0 Å². The number of thiazole rings is 1. The molecule has 1 fully saturated rings. The Labute approximate surface area is 92.9 Å². The molecule has 82 valence electrons. The molecule has 1 aliphatic rings. The Morgan fingerprint density at radius 2 is 2.40 bits per heavy atom. The van der Waals surface area contributed by atoms with Gasteiger partial charge >= 0.3 is 0 Å². The minimum absolute atomic E-state index is 0.0748. The largest absolute Gasteiger partial charge is 0.463 e. The zero-order valence-electron chi connectivity index (χ0n) is 8.84. The van der Waals surface area contributed by atoms with Gasteiger partial charge in [-0.25, -0.2) is 4.98 Å². The Kier molecular flexibility index (Phi) is 2.90. The maximum absolute atomic E-state index is 11.5. The zero-order chi connectivity index (χ0) is 10.8. The molecular weight excluding hydrogens is 212 g/mol. The summed E-state index contributed by atoms with van der Waals surface area (Å²) in [5, 5.41) is 2.57. The van der Waals surface area contributed by atoms with E-state index in [-0.39, 0.29) is 17.9 Å². The summed E-state index contributed by atoms with van der Waals surface area (Å²) in [4.78, 5) is 17.4. The lowest BCUT2D eigenvalue weighted by molar-refractivity contribution is -0.143. The number of amides is 1. The van der Waals surface area contributed by atoms with E-state index in [9.17, 15) is 4.79 Å². The number of aromatic nitrogens is 1. The van der Waals surface area contributed by atoms with Crippen LogP contribution in [0.1, 0.15) is 13.8 Å². The van der Waals surface area contributed by atoms with Crippen molar-refractivity contribution in [2.75, 3.05) is 13.1 Å². The zero-order valence-corrected chi connectivity index (χ0v) is 9.66. The molecule has 0 aromatic carbocycles. The number of ether oxygens (including phenoxy) is 1. The minimum atomic E-state index is 0.0748. The topological polar surface area (TPSA) is 42.4 Å². The van der Waals surface area contributed by atoms with Gasteiger partial charge in [0.05, 0.1) is 13.1 Å². The van der Waals surface area contributed by atoms with Crippen LogP contribution >= 0.6 is 11.3 Å². The third kappa shape index (κ3) is 2.28. The van der Waals surface area contributed by atoms with Crippen molar-refractivity contribution in [2.24, 2.45) is 5.92 Å². The molecule has 1 amide bonds. The molecule has 5 heteroatoms. The highest BCUT2D eigenvalue weighted by atomic mass is 32.1. The average molecular weight is 226 g/mol. The summed E-state index contributed by atoms with van der Waals surface area (Å²) in [6.45, 7) is 5.21. The van der Waals surface area contributed by atoms with Crippen LogP contribution in [0.4, 0.5) is 0 Å². The van der Waals surface area contributed by atoms with Gasteiger partial charge in [0.25, 0.3) is 5.19 Å². The number of nitrogens with zero attached hydrogens (tertiary/aromatic N) is 2. The van der Waals surface area contributed by atoms with Gasteiger partial charge in [-0.3, -0.25) is 4.79 Å². The van der Waals surface area contributed by atoms with Crippen LogP contribution in [0.25, 0.3) is 0 Å². The van der Waals surface area contributed by atoms with Gasteiger partial charge in [-0.15, -0.1) is 0 Å². The van der Waals surface area contributed by atoms with E-state index in [1.165, 1.54) is 11.3 Å². The Bertz CT molecular complexity index is 331. The number of likely N-dealkylation sites (tertiary alicyclic amines) is 1. The molecule has 2 rings (SSSR count). The molecule has 0 aliphatic carbocycles. The molecule has 15 heavy (non-hydrogen) atoms. The highest BCUT2D eigenvalue weighted by Crippen LogP contribution is 2.21. The summed E-state index contributed by atoms with van der Waals surface area (Å²) in [5.41, 5.74) is 0. The summed E-state index contributed by atoms with van der Waals surface area (Å²) < 4.78 is 5.56. The monoisotopic (exact) mass is 226 g/mol. The second kappa shape index (κ2) is 4.18. The molecule has 2 heterocycles. The van der Waals surface area contributed by atoms with Crippen LogP contribution in [0.15, 0.2) is 11.6 Å². The lowest BCUT2D eigenvalue weighted by atomic mass is 10.1. The first kappa shape index (κ1) is 10.4. The van der Waals surface area contributed by atoms with Gasteiger partial charge in [-0.05, 0) is 0 Å². The van der Waals surface area contributed by atoms with Crippen LogP contribution < -0.4 is 4.74 Å². The van der Waals surface area contributed by atoms with Crippen LogP contribution in [0.2, 0.25) is 0 Å². The number of carbonyl (C=O) groups excluding carboxylic acids is 1. The molecular formula is C10H14N2O2S. The van der Waals surface area contributed by atoms with Crippen molar-refractivity contribution in [3.63, 3.8) is 0 Å². The van der Waals surface area contributed by atoms with E-state index >= 15 is 0 Å². The van der Waals surface area contributed by atoms with E-state index in [0.29, 0.717) is 18.3 Å². The molecule has 1 aromatic heterocycles. The van der Waals surface area contributed by atoms with Crippen LogP contribution in [-0.2, 0) is 4.79 Å². The van der Waals surface area contributed by atoms with E-state index in [0.717, 1.165) is 0 Å². The van der Waals surface area contributed by atoms with Gasteiger partial charge < -0.3 is 9.64 Å². The van der Waals surface area contributed by atoms with Gasteiger partial charge in [0.15, 0.2) is 0 Å². The molecule has 0 radical (unpaired) electrons. The molecule has 0 saturated carbocycles. The fourth-order valence-corrected chi connectivity index (χ4v) is 2.02. The van der Waals surface area contributed by atoms with E-state index < -0.39 is 0 Å². The number of hydrogen-bond donors (Lipinski definition) is 0. The van der Waals surface area contributed by atoms with Crippen molar-refractivity contribution >= 4 is 17.2 Å². The van der Waals surface area contributed by atoms with Crippen molar-refractivity contribution in [1.29, 1.82) is 0 Å². The smallest absolute Gasteiger partial charge is 0.273 e. The Morgan fingerprint density at radius 3 is 2.93 bits per heavy atom. The molecule has 0 N–H and O–H groups in total. The van der Waals surface area contributed by atoms with Gasteiger partial charge in [-0.1, -0.05) is 25.2 Å². The number of carbonyl (C=O) groups is 1. The molecule has 0 spiro atoms. The molecule has 1 saturated heterocycles. The fraction of sp³-hybridized carbons (Fsp3) is 0.600. The molecule has 0 atom stereocenters. The predicted molar refractivity (Wildman–Crippen MR) is 57.9 cm³/mol. The first-order valence-corrected chi connectivity index (χ1v) is 5.89. The molecule has 0 unspecified atom stereocenters. The SMILES string of the molecule is CC(C)C(=O)N1CC(Oc2nccs2)C1. The van der Waals surface area contributed by atoms with Crippen LogP contribution in [0, 0.1) is 5.92 Å². The maximum Gasteiger partial charge on any atom is 0.273 e. The lowest BCUT2D eigenvalue weighted by Crippen LogP contribution is -2.57. The van der Waals surface area contributed by atoms with Gasteiger partial charge in [0, 0.05) is 17.5 Å². The van der Waals surface area contributed by atoms with E-state index in [1.807, 2.05) is 24.1 Å². The third-order valence-electron chi connectivity index (χ3n) is 2.33. The van der Waals surface area contributed by atoms with Crippen molar-refractivity contribution in [2.45, 2.75) is 20.0 Å². The molecule has 4 nitrogen and oxygen atoms in total. The quantitative estimate of drug-likeness (QED) is 0.782. The molecule has 1 aliphatic heterocycles. The van der Waals surface area contributed by atoms with Gasteiger partial charge in [0.2, 0.25) is 5.91 Å². The number of rotatable bonds is 3. The van der Waals surface area contributed by atoms with Crippen LogP contribution in [0.5, 0.6) is 5.19 Å². The first-order valence-electron chi connectivity index (χ1n) is 5.01. The molecule has 1 aromatic rings. The van der Waals surface area contributed by atoms with Crippen molar-refractivity contribution < 1.29 is 9.53 Å². The highest BCUT2D eigenvalue weighted by Gasteiger charge is 2.33. The Balaban J connectivity index is 1.77. The third-order valence-corrected chi connectivity index (χ3v) is 2.99. The van der Waals surface area contributed by atoms with Crippen molar-refractivity contribution in [3.05, 3.63) is 11.6 Å². The van der Waals surface area contributed by atoms with Crippen LogP contribution in [0.3, 0.4) is 0 Å². The minimum Gasteiger partial charge on any atom is -0.463 e. The Morgan fingerprint density at radius 1 is 1.67 bits per heavy atom. The summed E-state index contributed by atoms with van der Waals surface area (Å²) in [6, 6.07) is 0. The van der Waals surface area contributed by atoms with E-state index in [1.54, 1.807) is 6.20 Å². The summed E-state index contributed by atoms with van der Waals surface area (Å²) in [7, 11) is 0. The Hall–Kier alpha value is -1.10. The van der Waals surface area contributed by atoms with Gasteiger partial charge in [0.1, 0.15) is 6.10 Å². The number of hydrogen-bond acceptors (Lipinski definition) is 4. The van der Waals surface area contributed by atoms with E-state index in [2.05, 4.69) is 4.98 Å². The second-order valence-corrected chi connectivity index (χ2v) is 4.79. The highest BCUT2D eigenvalue weighted by molar-refractivity contribution is 7.11.